The highest BCUT2D eigenvalue weighted by Gasteiger charge is 2.25. The smallest absolute Gasteiger partial charge is 0.317 e. The summed E-state index contributed by atoms with van der Waals surface area (Å²) in [5.74, 6) is -0.0684. The van der Waals surface area contributed by atoms with E-state index in [0.29, 0.717) is 32.7 Å². The Bertz CT molecular complexity index is 620. The van der Waals surface area contributed by atoms with E-state index in [-0.39, 0.29) is 24.7 Å². The normalized spacial score (nSPS) is 17.6. The number of nitrogens with zero attached hydrogens (tertiary/aromatic N) is 2. The molecule has 1 saturated heterocycles. The van der Waals surface area contributed by atoms with Crippen molar-refractivity contribution in [3.63, 3.8) is 0 Å². The Morgan fingerprint density at radius 3 is 2.88 bits per heavy atom. The summed E-state index contributed by atoms with van der Waals surface area (Å²) < 4.78 is 11.4. The van der Waals surface area contributed by atoms with Crippen LogP contribution in [0.25, 0.3) is 0 Å². The summed E-state index contributed by atoms with van der Waals surface area (Å²) in [6.45, 7) is 5.86. The standard InChI is InChI=1S/C19H28N2O5/c1-14(2)26-16-6-4-5-15(9-16)10-18(22)21-7-8-25-17(12-21)11-20(3)13-19(23)24/h4-6,9,14,17H,7-8,10-13H2,1-3H3,(H,23,24)/t17-/m0/s1. The molecule has 0 aromatic heterocycles. The summed E-state index contributed by atoms with van der Waals surface area (Å²) in [5, 5.41) is 8.84. The molecular formula is C19H28N2O5. The molecule has 1 atom stereocenters. The predicted molar refractivity (Wildman–Crippen MR) is 97.4 cm³/mol. The van der Waals surface area contributed by atoms with Gasteiger partial charge >= 0.3 is 5.97 Å². The highest BCUT2D eigenvalue weighted by Crippen LogP contribution is 2.17. The lowest BCUT2D eigenvalue weighted by atomic mass is 10.1. The van der Waals surface area contributed by atoms with Crippen LogP contribution in [0.15, 0.2) is 24.3 Å². The number of amides is 1. The van der Waals surface area contributed by atoms with E-state index in [9.17, 15) is 9.59 Å². The molecule has 1 N–H and O–H groups in total. The first kappa shape index (κ1) is 20.2. The van der Waals surface area contributed by atoms with Gasteiger partial charge in [0, 0.05) is 19.6 Å². The summed E-state index contributed by atoms with van der Waals surface area (Å²) >= 11 is 0. The first-order valence-corrected chi connectivity index (χ1v) is 8.89. The number of carbonyl (C=O) groups excluding carboxylic acids is 1. The van der Waals surface area contributed by atoms with Crippen LogP contribution in [0.2, 0.25) is 0 Å². The van der Waals surface area contributed by atoms with Crippen molar-refractivity contribution < 1.29 is 24.2 Å². The molecule has 1 heterocycles. The van der Waals surface area contributed by atoms with Crippen LogP contribution in [-0.2, 0) is 20.7 Å². The second-order valence-electron chi connectivity index (χ2n) is 6.91. The number of carbonyl (C=O) groups is 2. The van der Waals surface area contributed by atoms with Gasteiger partial charge in [-0.15, -0.1) is 0 Å². The number of likely N-dealkylation sites (N-methyl/N-ethyl adjacent to an activating group) is 1. The van der Waals surface area contributed by atoms with Crippen LogP contribution in [0.4, 0.5) is 0 Å². The molecule has 26 heavy (non-hydrogen) atoms. The van der Waals surface area contributed by atoms with Gasteiger partial charge in [0.1, 0.15) is 5.75 Å². The van der Waals surface area contributed by atoms with E-state index < -0.39 is 5.97 Å². The lowest BCUT2D eigenvalue weighted by molar-refractivity contribution is -0.142. The maximum atomic E-state index is 12.6. The van der Waals surface area contributed by atoms with Crippen LogP contribution in [0.1, 0.15) is 19.4 Å². The molecule has 0 bridgehead atoms. The van der Waals surface area contributed by atoms with Gasteiger partial charge in [-0.3, -0.25) is 14.5 Å². The molecule has 1 amide bonds. The average molecular weight is 364 g/mol. The van der Waals surface area contributed by atoms with Crippen molar-refractivity contribution in [1.29, 1.82) is 0 Å². The van der Waals surface area contributed by atoms with Crippen molar-refractivity contribution in [3.8, 4) is 5.75 Å². The van der Waals surface area contributed by atoms with Crippen molar-refractivity contribution >= 4 is 11.9 Å². The molecular weight excluding hydrogens is 336 g/mol. The number of morpholine rings is 1. The molecule has 144 valence electrons. The number of rotatable bonds is 8. The van der Waals surface area contributed by atoms with Gasteiger partial charge in [0.05, 0.1) is 31.8 Å². The molecule has 2 rings (SSSR count). The van der Waals surface area contributed by atoms with Gasteiger partial charge < -0.3 is 19.5 Å². The number of hydrogen-bond acceptors (Lipinski definition) is 5. The molecule has 1 aliphatic rings. The topological polar surface area (TPSA) is 79.3 Å². The SMILES string of the molecule is CC(C)Oc1cccc(CC(=O)N2CCO[C@@H](CN(C)CC(=O)O)C2)c1. The first-order valence-electron chi connectivity index (χ1n) is 8.89. The number of carboxylic acids is 1. The molecule has 0 radical (unpaired) electrons. The third-order valence-corrected chi connectivity index (χ3v) is 4.04. The third kappa shape index (κ3) is 6.65. The van der Waals surface area contributed by atoms with Crippen LogP contribution in [0.5, 0.6) is 5.75 Å². The minimum absolute atomic E-state index is 0.0425. The maximum absolute atomic E-state index is 12.6. The fraction of sp³-hybridized carbons (Fsp3) is 0.579. The minimum atomic E-state index is -0.875. The molecule has 0 aliphatic carbocycles. The van der Waals surface area contributed by atoms with Crippen LogP contribution >= 0.6 is 0 Å². The zero-order valence-corrected chi connectivity index (χ0v) is 15.7. The minimum Gasteiger partial charge on any atom is -0.491 e. The number of benzene rings is 1. The molecule has 1 aromatic carbocycles. The molecule has 0 spiro atoms. The van der Waals surface area contributed by atoms with Gasteiger partial charge in [0.25, 0.3) is 0 Å². The molecule has 0 unspecified atom stereocenters. The van der Waals surface area contributed by atoms with E-state index in [1.807, 2.05) is 38.1 Å². The van der Waals surface area contributed by atoms with E-state index in [1.54, 1.807) is 16.8 Å². The Morgan fingerprint density at radius 2 is 2.19 bits per heavy atom. The van der Waals surface area contributed by atoms with Gasteiger partial charge in [-0.2, -0.15) is 0 Å². The second kappa shape index (κ2) is 9.54. The Balaban J connectivity index is 1.89. The van der Waals surface area contributed by atoms with Crippen molar-refractivity contribution in [1.82, 2.24) is 9.80 Å². The van der Waals surface area contributed by atoms with Crippen LogP contribution in [0, 0.1) is 0 Å². The number of ether oxygens (including phenoxy) is 2. The number of carboxylic acid groups (broad SMARTS) is 1. The largest absolute Gasteiger partial charge is 0.491 e. The van der Waals surface area contributed by atoms with Crippen molar-refractivity contribution in [2.45, 2.75) is 32.5 Å². The molecule has 0 saturated carbocycles. The van der Waals surface area contributed by atoms with E-state index in [1.165, 1.54) is 0 Å². The van der Waals surface area contributed by atoms with Gasteiger partial charge in [0.15, 0.2) is 0 Å². The highest BCUT2D eigenvalue weighted by atomic mass is 16.5. The zero-order chi connectivity index (χ0) is 19.1. The summed E-state index contributed by atoms with van der Waals surface area (Å²) in [7, 11) is 1.73. The maximum Gasteiger partial charge on any atom is 0.317 e. The Kier molecular flexibility index (Phi) is 7.41. The monoisotopic (exact) mass is 364 g/mol. The first-order chi connectivity index (χ1) is 12.3. The predicted octanol–water partition coefficient (Wildman–Crippen LogP) is 1.26. The third-order valence-electron chi connectivity index (χ3n) is 4.04. The van der Waals surface area contributed by atoms with E-state index >= 15 is 0 Å². The molecule has 7 nitrogen and oxygen atoms in total. The van der Waals surface area contributed by atoms with Gasteiger partial charge in [-0.1, -0.05) is 12.1 Å². The van der Waals surface area contributed by atoms with E-state index in [2.05, 4.69) is 0 Å². The highest BCUT2D eigenvalue weighted by molar-refractivity contribution is 5.79. The molecule has 1 aromatic rings. The van der Waals surface area contributed by atoms with Crippen LogP contribution < -0.4 is 4.74 Å². The van der Waals surface area contributed by atoms with E-state index in [0.717, 1.165) is 11.3 Å². The zero-order valence-electron chi connectivity index (χ0n) is 15.7. The Labute approximate surface area is 154 Å². The van der Waals surface area contributed by atoms with Gasteiger partial charge in [0.2, 0.25) is 5.91 Å². The lowest BCUT2D eigenvalue weighted by Crippen LogP contribution is -2.50. The summed E-state index contributed by atoms with van der Waals surface area (Å²) in [6, 6.07) is 7.60. The fourth-order valence-corrected chi connectivity index (χ4v) is 2.99. The molecule has 1 fully saturated rings. The summed E-state index contributed by atoms with van der Waals surface area (Å²) in [5.41, 5.74) is 0.916. The van der Waals surface area contributed by atoms with Crippen LogP contribution in [0.3, 0.4) is 0 Å². The average Bonchev–Trinajstić information content (AvgIpc) is 2.54. The van der Waals surface area contributed by atoms with Crippen molar-refractivity contribution in [2.75, 3.05) is 39.8 Å². The Morgan fingerprint density at radius 1 is 1.42 bits per heavy atom. The summed E-state index contributed by atoms with van der Waals surface area (Å²) in [4.78, 5) is 26.9. The van der Waals surface area contributed by atoms with E-state index in [4.69, 9.17) is 14.6 Å². The molecule has 1 aliphatic heterocycles. The quantitative estimate of drug-likeness (QED) is 0.748. The van der Waals surface area contributed by atoms with Crippen molar-refractivity contribution in [3.05, 3.63) is 29.8 Å². The summed E-state index contributed by atoms with van der Waals surface area (Å²) in [6.07, 6.45) is 0.226. The van der Waals surface area contributed by atoms with Crippen LogP contribution in [-0.4, -0.2) is 78.8 Å². The second-order valence-corrected chi connectivity index (χ2v) is 6.91. The number of hydrogen-bond donors (Lipinski definition) is 1. The number of aliphatic carboxylic acids is 1. The van der Waals surface area contributed by atoms with Gasteiger partial charge in [-0.25, -0.2) is 0 Å². The van der Waals surface area contributed by atoms with Gasteiger partial charge in [-0.05, 0) is 38.6 Å². The molecule has 7 heteroatoms. The Hall–Kier alpha value is -2.12. The lowest BCUT2D eigenvalue weighted by Gasteiger charge is -2.34. The van der Waals surface area contributed by atoms with Crippen molar-refractivity contribution in [2.24, 2.45) is 0 Å². The fourth-order valence-electron chi connectivity index (χ4n) is 2.99.